The van der Waals surface area contributed by atoms with Crippen LogP contribution in [-0.4, -0.2) is 11.7 Å². The average Bonchev–Trinajstić information content (AvgIpc) is 2.58. The predicted molar refractivity (Wildman–Crippen MR) is 71.0 cm³/mol. The van der Waals surface area contributed by atoms with E-state index in [-0.39, 0.29) is 12.0 Å². The monoisotopic (exact) mass is 266 g/mol. The van der Waals surface area contributed by atoms with Gasteiger partial charge in [0.15, 0.2) is 0 Å². The Bertz CT molecular complexity index is 569. The van der Waals surface area contributed by atoms with Gasteiger partial charge in [0.05, 0.1) is 12.0 Å². The fraction of sp³-hybridized carbons (Fsp3) is 0.250. The Morgan fingerprint density at radius 1 is 1.25 bits per heavy atom. The summed E-state index contributed by atoms with van der Waals surface area (Å²) in [5, 5.41) is 9.72. The second kappa shape index (κ2) is 3.74. The second-order valence-corrected chi connectivity index (χ2v) is 6.86. The van der Waals surface area contributed by atoms with E-state index in [9.17, 15) is 5.11 Å². The fourth-order valence-electron chi connectivity index (χ4n) is 2.28. The molecule has 0 bridgehead atoms. The van der Waals surface area contributed by atoms with E-state index >= 15 is 0 Å². The smallest absolute Gasteiger partial charge is 0.105 e. The molecule has 1 aromatic heterocycles. The number of aliphatic hydroxyl groups is 1. The van der Waals surface area contributed by atoms with Crippen LogP contribution in [0.25, 0.3) is 0 Å². The molecule has 1 aliphatic rings. The van der Waals surface area contributed by atoms with Gasteiger partial charge < -0.3 is 5.11 Å². The van der Waals surface area contributed by atoms with Crippen LogP contribution in [0.5, 0.6) is 0 Å². The highest BCUT2D eigenvalue weighted by Crippen LogP contribution is 2.51. The maximum Gasteiger partial charge on any atom is 0.105 e. The number of hydrogen-bond donors (Lipinski definition) is 1. The summed E-state index contributed by atoms with van der Waals surface area (Å²) in [7, 11) is 3.37. The first kappa shape index (κ1) is 10.6. The summed E-state index contributed by atoms with van der Waals surface area (Å²) in [5.74, 6) is 0. The molecule has 3 rings (SSSR count). The molecular formula is C12H10OS3. The summed E-state index contributed by atoms with van der Waals surface area (Å²) in [6, 6.07) is 10.2. The van der Waals surface area contributed by atoms with Gasteiger partial charge in [0.1, 0.15) is 3.82 Å². The molecule has 0 spiro atoms. The van der Waals surface area contributed by atoms with Crippen LogP contribution in [-0.2, 0) is 11.8 Å². The number of fused-ring (bicyclic) bond motifs is 1. The summed E-state index contributed by atoms with van der Waals surface area (Å²) in [5.41, 5.74) is 2.31. The molecule has 0 fully saturated rings. The van der Waals surface area contributed by atoms with Crippen molar-refractivity contribution in [3.8, 4) is 0 Å². The van der Waals surface area contributed by atoms with Crippen molar-refractivity contribution in [1.82, 2.24) is 0 Å². The molecule has 1 unspecified atom stereocenters. The lowest BCUT2D eigenvalue weighted by Crippen LogP contribution is -2.41. The van der Waals surface area contributed by atoms with Crippen molar-refractivity contribution >= 4 is 32.9 Å². The molecule has 1 N–H and O–H groups in total. The van der Waals surface area contributed by atoms with Crippen molar-refractivity contribution in [3.05, 3.63) is 50.2 Å². The molecule has 1 nitrogen and oxygen atoms in total. The van der Waals surface area contributed by atoms with E-state index < -0.39 is 0 Å². The maximum absolute atomic E-state index is 9.72. The van der Waals surface area contributed by atoms with E-state index in [1.165, 1.54) is 16.0 Å². The highest BCUT2D eigenvalue weighted by atomic mass is 32.9. The Hall–Kier alpha value is -0.550. The molecule has 1 atom stereocenters. The fourth-order valence-corrected chi connectivity index (χ4v) is 5.57. The molecule has 2 aromatic rings. The molecule has 0 amide bonds. The maximum atomic E-state index is 9.72. The van der Waals surface area contributed by atoms with E-state index in [4.69, 9.17) is 12.2 Å². The second-order valence-electron chi connectivity index (χ2n) is 4.04. The average molecular weight is 266 g/mol. The molecule has 0 radical (unpaired) electrons. The molecule has 1 aliphatic carbocycles. The molecule has 16 heavy (non-hydrogen) atoms. The number of rotatable bonds is 2. The quantitative estimate of drug-likeness (QED) is 0.664. The van der Waals surface area contributed by atoms with E-state index in [0.717, 1.165) is 10.2 Å². The zero-order chi connectivity index (χ0) is 11.2. The van der Waals surface area contributed by atoms with Gasteiger partial charge in [-0.15, -0.1) is 0 Å². The highest BCUT2D eigenvalue weighted by Gasteiger charge is 2.46. The summed E-state index contributed by atoms with van der Waals surface area (Å²) >= 11 is 5.27. The molecule has 1 aromatic carbocycles. The molecule has 0 saturated heterocycles. The minimum absolute atomic E-state index is 0.172. The summed E-state index contributed by atoms with van der Waals surface area (Å²) in [6.07, 6.45) is 0.891. The highest BCUT2D eigenvalue weighted by molar-refractivity contribution is 7.79. The number of aliphatic hydroxyl groups excluding tert-OH is 1. The standard InChI is InChI=1S/C12H10OS3/c13-7-12(8-4-2-1-3-5-8)6-9-10(12)15-16-11(9)14/h1-5,13H,6-7H2. The third-order valence-electron chi connectivity index (χ3n) is 3.23. The third-order valence-corrected chi connectivity index (χ3v) is 6.58. The zero-order valence-corrected chi connectivity index (χ0v) is 10.9. The molecular weight excluding hydrogens is 256 g/mol. The van der Waals surface area contributed by atoms with E-state index in [1.54, 1.807) is 20.7 Å². The van der Waals surface area contributed by atoms with E-state index in [0.29, 0.717) is 0 Å². The van der Waals surface area contributed by atoms with Crippen molar-refractivity contribution in [2.45, 2.75) is 11.8 Å². The van der Waals surface area contributed by atoms with Gasteiger partial charge in [0, 0.05) is 4.88 Å². The summed E-state index contributed by atoms with van der Waals surface area (Å²) in [4.78, 5) is 1.27. The molecule has 0 saturated carbocycles. The lowest BCUT2D eigenvalue weighted by Gasteiger charge is -2.40. The van der Waals surface area contributed by atoms with Crippen molar-refractivity contribution in [3.63, 3.8) is 0 Å². The first-order chi connectivity index (χ1) is 7.78. The van der Waals surface area contributed by atoms with Crippen molar-refractivity contribution < 1.29 is 5.11 Å². The van der Waals surface area contributed by atoms with E-state index in [1.807, 2.05) is 18.2 Å². The van der Waals surface area contributed by atoms with Crippen LogP contribution in [0.4, 0.5) is 0 Å². The lowest BCUT2D eigenvalue weighted by molar-refractivity contribution is 0.205. The third kappa shape index (κ3) is 1.27. The zero-order valence-electron chi connectivity index (χ0n) is 8.47. The van der Waals surface area contributed by atoms with Gasteiger partial charge in [-0.05, 0) is 17.5 Å². The normalized spacial score (nSPS) is 22.6. The van der Waals surface area contributed by atoms with Gasteiger partial charge in [-0.1, -0.05) is 63.2 Å². The van der Waals surface area contributed by atoms with Crippen LogP contribution in [0.3, 0.4) is 0 Å². The van der Waals surface area contributed by atoms with Crippen LogP contribution in [0, 0.1) is 3.82 Å². The van der Waals surface area contributed by atoms with Crippen LogP contribution < -0.4 is 0 Å². The minimum atomic E-state index is -0.172. The molecule has 1 heterocycles. The largest absolute Gasteiger partial charge is 0.395 e. The number of hydrogen-bond acceptors (Lipinski definition) is 4. The van der Waals surface area contributed by atoms with Gasteiger partial charge in [-0.2, -0.15) is 0 Å². The minimum Gasteiger partial charge on any atom is -0.395 e. The lowest BCUT2D eigenvalue weighted by atomic mass is 9.66. The summed E-state index contributed by atoms with van der Waals surface area (Å²) < 4.78 is 1.00. The van der Waals surface area contributed by atoms with Crippen LogP contribution in [0.1, 0.15) is 16.0 Å². The first-order valence-corrected chi connectivity index (χ1v) is 7.62. The van der Waals surface area contributed by atoms with Gasteiger partial charge in [0.25, 0.3) is 0 Å². The van der Waals surface area contributed by atoms with Crippen LogP contribution in [0.2, 0.25) is 0 Å². The summed E-state index contributed by atoms with van der Waals surface area (Å²) in [6.45, 7) is 0.173. The Morgan fingerprint density at radius 2 is 2.00 bits per heavy atom. The van der Waals surface area contributed by atoms with Crippen molar-refractivity contribution in [1.29, 1.82) is 0 Å². The Labute approximate surface area is 106 Å². The van der Waals surface area contributed by atoms with Gasteiger partial charge >= 0.3 is 0 Å². The van der Waals surface area contributed by atoms with Crippen molar-refractivity contribution in [2.75, 3.05) is 6.61 Å². The predicted octanol–water partition coefficient (Wildman–Crippen LogP) is 3.37. The van der Waals surface area contributed by atoms with Gasteiger partial charge in [0.2, 0.25) is 0 Å². The molecule has 0 aliphatic heterocycles. The van der Waals surface area contributed by atoms with Gasteiger partial charge in [-0.3, -0.25) is 0 Å². The SMILES string of the molecule is OCC1(c2ccccc2)Cc2c1ssc2=S. The van der Waals surface area contributed by atoms with Crippen LogP contribution >= 0.6 is 32.9 Å². The first-order valence-electron chi connectivity index (χ1n) is 5.07. The Morgan fingerprint density at radius 3 is 2.62 bits per heavy atom. The van der Waals surface area contributed by atoms with E-state index in [2.05, 4.69) is 12.1 Å². The Balaban J connectivity index is 2.16. The molecule has 4 heteroatoms. The number of benzene rings is 1. The topological polar surface area (TPSA) is 20.2 Å². The Kier molecular flexibility index (Phi) is 2.47. The van der Waals surface area contributed by atoms with Crippen LogP contribution in [0.15, 0.2) is 30.3 Å². The van der Waals surface area contributed by atoms with Gasteiger partial charge in [-0.25, -0.2) is 0 Å². The van der Waals surface area contributed by atoms with Crippen molar-refractivity contribution in [2.24, 2.45) is 0 Å². The molecule has 82 valence electrons.